The zero-order valence-corrected chi connectivity index (χ0v) is 22.9. The van der Waals surface area contributed by atoms with Crippen LogP contribution in [0.5, 0.6) is 17.4 Å². The Kier molecular flexibility index (Phi) is 11.7. The summed E-state index contributed by atoms with van der Waals surface area (Å²) in [5, 5.41) is 3.01. The van der Waals surface area contributed by atoms with Crippen LogP contribution in [0.3, 0.4) is 0 Å². The Labute approximate surface area is 226 Å². The first-order valence-corrected chi connectivity index (χ1v) is 13.0. The van der Waals surface area contributed by atoms with E-state index < -0.39 is 0 Å². The molecule has 0 atom stereocenters. The number of amides is 1. The van der Waals surface area contributed by atoms with Crippen molar-refractivity contribution in [1.82, 2.24) is 15.2 Å². The van der Waals surface area contributed by atoms with Crippen molar-refractivity contribution in [1.29, 1.82) is 0 Å². The van der Waals surface area contributed by atoms with Crippen LogP contribution in [0.15, 0.2) is 66.9 Å². The van der Waals surface area contributed by atoms with Crippen LogP contribution in [-0.2, 0) is 11.2 Å². The molecule has 7 heteroatoms. The largest absolute Gasteiger partial charge is 0.493 e. The van der Waals surface area contributed by atoms with E-state index in [1.54, 1.807) is 27.5 Å². The third-order valence-electron chi connectivity index (χ3n) is 6.32. The molecule has 0 saturated carbocycles. The second-order valence-electron chi connectivity index (χ2n) is 9.12. The number of pyridine rings is 1. The first-order chi connectivity index (χ1) is 18.5. The maximum atomic E-state index is 12.2. The number of nitrogens with zero attached hydrogens (tertiary/aromatic N) is 2. The predicted molar refractivity (Wildman–Crippen MR) is 153 cm³/mol. The van der Waals surface area contributed by atoms with Crippen molar-refractivity contribution in [2.75, 3.05) is 48.0 Å². The monoisotopic (exact) mass is 517 g/mol. The molecule has 0 radical (unpaired) electrons. The molecule has 0 fully saturated rings. The first-order valence-electron chi connectivity index (χ1n) is 13.0. The number of benzene rings is 2. The minimum atomic E-state index is 0.0454. The summed E-state index contributed by atoms with van der Waals surface area (Å²) in [5.41, 5.74) is 4.39. The molecular weight excluding hydrogens is 478 g/mol. The predicted octanol–water partition coefficient (Wildman–Crippen LogP) is 5.25. The SMILES string of the molecule is COc1ccc(-c2ccc(/C=C/CC(=O)NCCCCN(C)CCc3ccc(OC)c(OC)c3)cc2)cn1. The van der Waals surface area contributed by atoms with Crippen molar-refractivity contribution in [3.8, 4) is 28.5 Å². The average molecular weight is 518 g/mol. The van der Waals surface area contributed by atoms with E-state index in [9.17, 15) is 4.79 Å². The van der Waals surface area contributed by atoms with E-state index in [-0.39, 0.29) is 5.91 Å². The molecule has 1 aromatic heterocycles. The third-order valence-corrected chi connectivity index (χ3v) is 6.32. The Balaban J connectivity index is 1.28. The van der Waals surface area contributed by atoms with Crippen molar-refractivity contribution < 1.29 is 19.0 Å². The summed E-state index contributed by atoms with van der Waals surface area (Å²) in [4.78, 5) is 18.7. The molecular formula is C31H39N3O4. The highest BCUT2D eigenvalue weighted by Crippen LogP contribution is 2.27. The highest BCUT2D eigenvalue weighted by molar-refractivity contribution is 5.78. The zero-order chi connectivity index (χ0) is 27.2. The summed E-state index contributed by atoms with van der Waals surface area (Å²) in [7, 11) is 7.04. The van der Waals surface area contributed by atoms with Gasteiger partial charge in [-0.05, 0) is 67.7 Å². The van der Waals surface area contributed by atoms with E-state index in [2.05, 4.69) is 28.3 Å². The highest BCUT2D eigenvalue weighted by atomic mass is 16.5. The summed E-state index contributed by atoms with van der Waals surface area (Å²) in [5.74, 6) is 2.16. The molecule has 0 aliphatic rings. The fourth-order valence-electron chi connectivity index (χ4n) is 4.04. The molecule has 1 heterocycles. The number of nitrogens with one attached hydrogen (secondary N) is 1. The fraction of sp³-hybridized carbons (Fsp3) is 0.355. The molecule has 0 aliphatic carbocycles. The Bertz CT molecular complexity index is 1160. The van der Waals surface area contributed by atoms with Crippen molar-refractivity contribution in [2.24, 2.45) is 0 Å². The molecule has 0 saturated heterocycles. The minimum Gasteiger partial charge on any atom is -0.493 e. The van der Waals surface area contributed by atoms with Crippen molar-refractivity contribution in [3.63, 3.8) is 0 Å². The summed E-state index contributed by atoms with van der Waals surface area (Å²) in [6, 6.07) is 18.1. The van der Waals surface area contributed by atoms with Gasteiger partial charge in [-0.15, -0.1) is 0 Å². The number of aromatic nitrogens is 1. The van der Waals surface area contributed by atoms with E-state index in [4.69, 9.17) is 14.2 Å². The molecule has 0 unspecified atom stereocenters. The number of methoxy groups -OCH3 is 3. The number of hydrogen-bond donors (Lipinski definition) is 1. The van der Waals surface area contributed by atoms with Crippen LogP contribution in [0, 0.1) is 0 Å². The first kappa shape index (κ1) is 28.7. The van der Waals surface area contributed by atoms with Crippen LogP contribution in [0.4, 0.5) is 0 Å². The van der Waals surface area contributed by atoms with Crippen LogP contribution < -0.4 is 19.5 Å². The van der Waals surface area contributed by atoms with Gasteiger partial charge in [-0.3, -0.25) is 4.79 Å². The lowest BCUT2D eigenvalue weighted by Gasteiger charge is -2.17. The van der Waals surface area contributed by atoms with Gasteiger partial charge in [-0.1, -0.05) is 42.5 Å². The number of ether oxygens (including phenoxy) is 3. The Morgan fingerprint density at radius 2 is 1.66 bits per heavy atom. The van der Waals surface area contributed by atoms with Gasteiger partial charge in [0.05, 0.1) is 21.3 Å². The van der Waals surface area contributed by atoms with Gasteiger partial charge in [0.15, 0.2) is 11.5 Å². The number of hydrogen-bond acceptors (Lipinski definition) is 6. The van der Waals surface area contributed by atoms with Crippen molar-refractivity contribution in [3.05, 3.63) is 78.0 Å². The van der Waals surface area contributed by atoms with Crippen LogP contribution in [0.25, 0.3) is 17.2 Å². The van der Waals surface area contributed by atoms with Crippen LogP contribution in [-0.4, -0.2) is 63.8 Å². The summed E-state index contributed by atoms with van der Waals surface area (Å²) in [6.45, 7) is 2.65. The van der Waals surface area contributed by atoms with E-state index in [1.165, 1.54) is 5.56 Å². The molecule has 7 nitrogen and oxygen atoms in total. The number of likely N-dealkylation sites (N-methyl/N-ethyl adjacent to an activating group) is 1. The third kappa shape index (κ3) is 9.23. The van der Waals surface area contributed by atoms with Gasteiger partial charge in [-0.2, -0.15) is 0 Å². The zero-order valence-electron chi connectivity index (χ0n) is 22.9. The van der Waals surface area contributed by atoms with Crippen LogP contribution in [0.2, 0.25) is 0 Å². The lowest BCUT2D eigenvalue weighted by Crippen LogP contribution is -2.26. The molecule has 1 amide bonds. The molecule has 202 valence electrons. The molecule has 38 heavy (non-hydrogen) atoms. The average Bonchev–Trinajstić information content (AvgIpc) is 2.96. The van der Waals surface area contributed by atoms with E-state index in [0.29, 0.717) is 18.8 Å². The fourth-order valence-corrected chi connectivity index (χ4v) is 4.04. The van der Waals surface area contributed by atoms with Gasteiger partial charge >= 0.3 is 0 Å². The molecule has 0 spiro atoms. The van der Waals surface area contributed by atoms with E-state index in [1.807, 2.05) is 60.7 Å². The van der Waals surface area contributed by atoms with Gasteiger partial charge in [0.1, 0.15) is 0 Å². The number of carbonyl (C=O) groups excluding carboxylic acids is 1. The maximum Gasteiger partial charge on any atom is 0.223 e. The molecule has 3 aromatic rings. The Morgan fingerprint density at radius 3 is 2.34 bits per heavy atom. The van der Waals surface area contributed by atoms with Gasteiger partial charge < -0.3 is 24.4 Å². The van der Waals surface area contributed by atoms with Crippen molar-refractivity contribution >= 4 is 12.0 Å². The standard InChI is InChI=1S/C31H39N3O4/c1-34(21-18-25-12-16-28(36-2)29(22-25)37-3)20-6-5-19-32-30(35)9-7-8-24-10-13-26(14-11-24)27-15-17-31(38-4)33-23-27/h7-8,10-17,22-23H,5-6,9,18-21H2,1-4H3,(H,32,35)/b8-7+. The summed E-state index contributed by atoms with van der Waals surface area (Å²) < 4.78 is 15.8. The minimum absolute atomic E-state index is 0.0454. The Morgan fingerprint density at radius 1 is 0.895 bits per heavy atom. The maximum absolute atomic E-state index is 12.2. The van der Waals surface area contributed by atoms with Crippen LogP contribution in [0.1, 0.15) is 30.4 Å². The van der Waals surface area contributed by atoms with E-state index >= 15 is 0 Å². The van der Waals surface area contributed by atoms with Crippen LogP contribution >= 0.6 is 0 Å². The van der Waals surface area contributed by atoms with Gasteiger partial charge in [0.25, 0.3) is 0 Å². The molecule has 3 rings (SSSR count). The van der Waals surface area contributed by atoms with Gasteiger partial charge in [0, 0.05) is 37.3 Å². The Hall–Kier alpha value is -3.84. The quantitative estimate of drug-likeness (QED) is 0.278. The van der Waals surface area contributed by atoms with Gasteiger partial charge in [0.2, 0.25) is 11.8 Å². The number of unbranched alkanes of at least 4 members (excludes halogenated alkanes) is 1. The number of rotatable bonds is 15. The summed E-state index contributed by atoms with van der Waals surface area (Å²) in [6.07, 6.45) is 8.99. The summed E-state index contributed by atoms with van der Waals surface area (Å²) >= 11 is 0. The van der Waals surface area contributed by atoms with E-state index in [0.717, 1.165) is 60.5 Å². The lowest BCUT2D eigenvalue weighted by molar-refractivity contribution is -0.120. The lowest BCUT2D eigenvalue weighted by atomic mass is 10.1. The van der Waals surface area contributed by atoms with Crippen molar-refractivity contribution in [2.45, 2.75) is 25.7 Å². The molecule has 0 bridgehead atoms. The highest BCUT2D eigenvalue weighted by Gasteiger charge is 2.06. The second kappa shape index (κ2) is 15.4. The number of carbonyl (C=O) groups is 1. The topological polar surface area (TPSA) is 72.9 Å². The smallest absolute Gasteiger partial charge is 0.223 e. The molecule has 2 aromatic carbocycles. The van der Waals surface area contributed by atoms with Gasteiger partial charge in [-0.25, -0.2) is 4.98 Å². The normalized spacial score (nSPS) is 11.1. The second-order valence-corrected chi connectivity index (χ2v) is 9.12. The molecule has 0 aliphatic heterocycles. The molecule has 1 N–H and O–H groups in total.